The first-order chi connectivity index (χ1) is 16.7. The number of halogens is 3. The third kappa shape index (κ3) is 13.6. The zero-order valence-corrected chi connectivity index (χ0v) is 23.9. The number of piperidine rings is 1. The highest BCUT2D eigenvalue weighted by Gasteiger charge is 2.30. The lowest BCUT2D eigenvalue weighted by Gasteiger charge is -2.37. The Morgan fingerprint density at radius 2 is 1.71 bits per heavy atom. The molecule has 0 bridgehead atoms. The molecule has 1 aliphatic heterocycles. The van der Waals surface area contributed by atoms with Gasteiger partial charge in [0.1, 0.15) is 0 Å². The van der Waals surface area contributed by atoms with Crippen LogP contribution in [-0.2, 0) is 6.18 Å². The van der Waals surface area contributed by atoms with E-state index < -0.39 is 11.7 Å². The summed E-state index contributed by atoms with van der Waals surface area (Å²) in [7, 11) is 2.15. The van der Waals surface area contributed by atoms with E-state index >= 15 is 0 Å². The molecule has 1 aliphatic rings. The highest BCUT2D eigenvalue weighted by atomic mass is 32.2. The summed E-state index contributed by atoms with van der Waals surface area (Å²) >= 11 is 1.84. The van der Waals surface area contributed by atoms with E-state index in [2.05, 4.69) is 36.7 Å². The van der Waals surface area contributed by atoms with Crippen molar-refractivity contribution in [3.63, 3.8) is 0 Å². The standard InChI is InChI=1S/C25H37F3N2S.2C2H6/c1-5-24(30-17-13-20(2)14-18-30)15-16-29(4)31-19-7-6-8-21(3)22-9-11-23(12-10-22)25(26,27)28;2*1-2/h6,8-12,20,24H,3,5,7,13-19H2,1-2,4H3;2*1-2H3/b8-6-;;. The van der Waals surface area contributed by atoms with E-state index in [1.54, 1.807) is 0 Å². The van der Waals surface area contributed by atoms with E-state index in [1.807, 2.05) is 51.8 Å². The van der Waals surface area contributed by atoms with Crippen LogP contribution in [0.15, 0.2) is 43.0 Å². The molecular formula is C29H49F3N2S. The molecule has 1 atom stereocenters. The second-order valence-corrected chi connectivity index (χ2v) is 9.84. The Hall–Kier alpha value is -1.24. The number of hydrogen-bond acceptors (Lipinski definition) is 3. The molecule has 0 radical (unpaired) electrons. The topological polar surface area (TPSA) is 6.48 Å². The quantitative estimate of drug-likeness (QED) is 0.165. The van der Waals surface area contributed by atoms with Crippen molar-refractivity contribution in [3.05, 3.63) is 54.1 Å². The van der Waals surface area contributed by atoms with Crippen molar-refractivity contribution in [1.29, 1.82) is 0 Å². The maximum absolute atomic E-state index is 12.7. The Labute approximate surface area is 218 Å². The number of rotatable bonds is 11. The minimum absolute atomic E-state index is 0.632. The number of alkyl halides is 3. The van der Waals surface area contributed by atoms with E-state index in [9.17, 15) is 13.2 Å². The first kappa shape index (κ1) is 33.8. The van der Waals surface area contributed by atoms with Gasteiger partial charge in [-0.15, -0.1) is 0 Å². The highest BCUT2D eigenvalue weighted by Crippen LogP contribution is 2.30. The third-order valence-electron chi connectivity index (χ3n) is 6.08. The van der Waals surface area contributed by atoms with E-state index in [4.69, 9.17) is 0 Å². The lowest BCUT2D eigenvalue weighted by molar-refractivity contribution is -0.137. The van der Waals surface area contributed by atoms with Gasteiger partial charge in [0, 0.05) is 18.3 Å². The molecule has 202 valence electrons. The van der Waals surface area contributed by atoms with Gasteiger partial charge in [-0.2, -0.15) is 13.2 Å². The molecule has 0 N–H and O–H groups in total. The van der Waals surface area contributed by atoms with Gasteiger partial charge in [-0.1, -0.05) is 84.4 Å². The fraction of sp³-hybridized carbons (Fsp3) is 0.655. The van der Waals surface area contributed by atoms with E-state index in [0.29, 0.717) is 11.6 Å². The van der Waals surface area contributed by atoms with Gasteiger partial charge in [-0.25, -0.2) is 0 Å². The van der Waals surface area contributed by atoms with Crippen molar-refractivity contribution in [2.45, 2.75) is 85.9 Å². The van der Waals surface area contributed by atoms with Gasteiger partial charge < -0.3 is 4.90 Å². The molecule has 0 aromatic heterocycles. The Kier molecular flexibility index (Phi) is 18.3. The summed E-state index contributed by atoms with van der Waals surface area (Å²) in [5.74, 6) is 1.85. The van der Waals surface area contributed by atoms with Gasteiger partial charge >= 0.3 is 6.18 Å². The molecule has 1 aromatic rings. The van der Waals surface area contributed by atoms with E-state index in [-0.39, 0.29) is 0 Å². The van der Waals surface area contributed by atoms with Gasteiger partial charge in [-0.3, -0.25) is 4.31 Å². The summed E-state index contributed by atoms with van der Waals surface area (Å²) < 4.78 is 40.3. The molecule has 1 fully saturated rings. The van der Waals surface area contributed by atoms with E-state index in [0.717, 1.165) is 42.3 Å². The summed E-state index contributed by atoms with van der Waals surface area (Å²) in [6.45, 7) is 20.2. The van der Waals surface area contributed by atoms with Crippen LogP contribution in [0.1, 0.15) is 84.8 Å². The Balaban J connectivity index is 0.00000274. The Morgan fingerprint density at radius 3 is 2.23 bits per heavy atom. The SMILES string of the molecule is C=C(/C=C\CCSN(C)CCC(CC)N1CCC(C)CC1)c1ccc(C(F)(F)F)cc1.CC.CC. The van der Waals surface area contributed by atoms with Crippen molar-refractivity contribution in [2.75, 3.05) is 32.4 Å². The number of likely N-dealkylation sites (tertiary alicyclic amines) is 1. The second-order valence-electron chi connectivity index (χ2n) is 8.55. The smallest absolute Gasteiger partial charge is 0.300 e. The lowest BCUT2D eigenvalue weighted by Crippen LogP contribution is -2.41. The molecule has 1 heterocycles. The van der Waals surface area contributed by atoms with Gasteiger partial charge in [0.05, 0.1) is 5.56 Å². The van der Waals surface area contributed by atoms with Crippen molar-refractivity contribution in [3.8, 4) is 0 Å². The van der Waals surface area contributed by atoms with Crippen LogP contribution in [-0.4, -0.2) is 47.7 Å². The second kappa shape index (κ2) is 18.9. The average molecular weight is 515 g/mol. The molecule has 35 heavy (non-hydrogen) atoms. The maximum atomic E-state index is 12.7. The molecule has 1 saturated heterocycles. The molecule has 1 aromatic carbocycles. The highest BCUT2D eigenvalue weighted by molar-refractivity contribution is 7.96. The zero-order chi connectivity index (χ0) is 26.9. The first-order valence-electron chi connectivity index (χ1n) is 13.3. The minimum Gasteiger partial charge on any atom is -0.300 e. The molecule has 0 amide bonds. The number of nitrogens with zero attached hydrogens (tertiary/aromatic N) is 2. The molecule has 1 unspecified atom stereocenters. The van der Waals surface area contributed by atoms with Crippen LogP contribution in [0.25, 0.3) is 5.57 Å². The van der Waals surface area contributed by atoms with Crippen molar-refractivity contribution in [2.24, 2.45) is 5.92 Å². The van der Waals surface area contributed by atoms with Crippen LogP contribution in [0.2, 0.25) is 0 Å². The van der Waals surface area contributed by atoms with Crippen LogP contribution in [0, 0.1) is 5.92 Å². The van der Waals surface area contributed by atoms with Crippen molar-refractivity contribution < 1.29 is 13.2 Å². The predicted molar refractivity (Wildman–Crippen MR) is 151 cm³/mol. The molecule has 2 nitrogen and oxygen atoms in total. The first-order valence-corrected chi connectivity index (χ1v) is 14.3. The molecule has 0 spiro atoms. The lowest BCUT2D eigenvalue weighted by atomic mass is 9.96. The van der Waals surface area contributed by atoms with Crippen LogP contribution in [0.4, 0.5) is 13.2 Å². The monoisotopic (exact) mass is 514 g/mol. The third-order valence-corrected chi connectivity index (χ3v) is 7.12. The largest absolute Gasteiger partial charge is 0.416 e. The predicted octanol–water partition coefficient (Wildman–Crippen LogP) is 9.20. The summed E-state index contributed by atoms with van der Waals surface area (Å²) in [6.07, 6.45) is 5.60. The van der Waals surface area contributed by atoms with E-state index in [1.165, 1.54) is 50.9 Å². The molecule has 2 rings (SSSR count). The van der Waals surface area contributed by atoms with Crippen molar-refractivity contribution in [1.82, 2.24) is 9.21 Å². The summed E-state index contributed by atoms with van der Waals surface area (Å²) in [5.41, 5.74) is 0.813. The van der Waals surface area contributed by atoms with Crippen LogP contribution in [0.5, 0.6) is 0 Å². The Bertz CT molecular complexity index is 693. The summed E-state index contributed by atoms with van der Waals surface area (Å²) in [4.78, 5) is 2.67. The number of hydrogen-bond donors (Lipinski definition) is 0. The van der Waals surface area contributed by atoms with Gasteiger partial charge in [0.15, 0.2) is 0 Å². The van der Waals surface area contributed by atoms with Crippen LogP contribution < -0.4 is 0 Å². The van der Waals surface area contributed by atoms with Gasteiger partial charge in [0.25, 0.3) is 0 Å². The summed E-state index contributed by atoms with van der Waals surface area (Å²) in [6, 6.07) is 5.85. The van der Waals surface area contributed by atoms with Crippen molar-refractivity contribution >= 4 is 17.5 Å². The molecule has 0 aliphatic carbocycles. The summed E-state index contributed by atoms with van der Waals surface area (Å²) in [5, 5.41) is 0. The average Bonchev–Trinajstić information content (AvgIpc) is 2.87. The number of benzene rings is 1. The number of allylic oxidation sites excluding steroid dienone is 3. The Morgan fingerprint density at radius 1 is 1.14 bits per heavy atom. The van der Waals surface area contributed by atoms with Crippen LogP contribution >= 0.6 is 11.9 Å². The van der Waals surface area contributed by atoms with Gasteiger partial charge in [-0.05, 0) is 81.4 Å². The maximum Gasteiger partial charge on any atom is 0.416 e. The van der Waals surface area contributed by atoms with Crippen LogP contribution in [0.3, 0.4) is 0 Å². The zero-order valence-electron chi connectivity index (χ0n) is 23.1. The minimum atomic E-state index is -4.30. The van der Waals surface area contributed by atoms with Gasteiger partial charge in [0.2, 0.25) is 0 Å². The fourth-order valence-corrected chi connectivity index (χ4v) is 4.69. The fourth-order valence-electron chi connectivity index (χ4n) is 3.91. The normalized spacial score (nSPS) is 15.9. The molecule has 6 heteroatoms. The molecule has 0 saturated carbocycles. The molecular weight excluding hydrogens is 465 g/mol.